The predicted octanol–water partition coefficient (Wildman–Crippen LogP) is 1.77. The van der Waals surface area contributed by atoms with E-state index >= 15 is 0 Å². The van der Waals surface area contributed by atoms with Gasteiger partial charge in [0, 0.05) is 12.1 Å². The molecule has 6 heteroatoms. The van der Waals surface area contributed by atoms with E-state index in [1.165, 1.54) is 0 Å². The molecule has 0 heterocycles. The van der Waals surface area contributed by atoms with Gasteiger partial charge in [-0.15, -0.1) is 12.4 Å². The lowest BCUT2D eigenvalue weighted by Gasteiger charge is -2.29. The normalized spacial score (nSPS) is 32.1. The minimum absolute atomic E-state index is 0. The second-order valence-electron chi connectivity index (χ2n) is 6.01. The Morgan fingerprint density at radius 2 is 1.81 bits per heavy atom. The lowest BCUT2D eigenvalue weighted by atomic mass is 9.85. The molecule has 122 valence electrons. The molecular formula is C15H27ClN2O3. The van der Waals surface area contributed by atoms with Gasteiger partial charge in [-0.05, 0) is 45.4 Å². The molecule has 2 atom stereocenters. The Hall–Kier alpha value is -0.810. The summed E-state index contributed by atoms with van der Waals surface area (Å²) >= 11 is 0. The van der Waals surface area contributed by atoms with Crippen LogP contribution in [0.15, 0.2) is 0 Å². The van der Waals surface area contributed by atoms with Crippen LogP contribution in [0.3, 0.4) is 0 Å². The van der Waals surface area contributed by atoms with Crippen molar-refractivity contribution in [3.05, 3.63) is 0 Å². The van der Waals surface area contributed by atoms with Crippen LogP contribution in [-0.2, 0) is 14.3 Å². The van der Waals surface area contributed by atoms with E-state index in [1.54, 1.807) is 0 Å². The minimum Gasteiger partial charge on any atom is -0.466 e. The Labute approximate surface area is 132 Å². The lowest BCUT2D eigenvalue weighted by Crippen LogP contribution is -2.45. The minimum atomic E-state index is -0.0879. The maximum absolute atomic E-state index is 12.2. The molecule has 2 unspecified atom stereocenters. The van der Waals surface area contributed by atoms with Crippen molar-refractivity contribution in [3.8, 4) is 0 Å². The molecule has 2 fully saturated rings. The maximum atomic E-state index is 12.2. The van der Waals surface area contributed by atoms with Crippen LogP contribution in [0.2, 0.25) is 0 Å². The van der Waals surface area contributed by atoms with E-state index in [0.717, 1.165) is 44.9 Å². The van der Waals surface area contributed by atoms with Crippen LogP contribution < -0.4 is 11.1 Å². The van der Waals surface area contributed by atoms with Crippen molar-refractivity contribution in [3.63, 3.8) is 0 Å². The molecule has 0 aliphatic heterocycles. The smallest absolute Gasteiger partial charge is 0.308 e. The second-order valence-corrected chi connectivity index (χ2v) is 6.01. The van der Waals surface area contributed by atoms with E-state index < -0.39 is 0 Å². The van der Waals surface area contributed by atoms with Crippen molar-refractivity contribution in [2.75, 3.05) is 6.61 Å². The maximum Gasteiger partial charge on any atom is 0.308 e. The number of esters is 1. The van der Waals surface area contributed by atoms with Crippen molar-refractivity contribution in [1.29, 1.82) is 0 Å². The topological polar surface area (TPSA) is 81.4 Å². The highest BCUT2D eigenvalue weighted by Gasteiger charge is 2.33. The van der Waals surface area contributed by atoms with Gasteiger partial charge in [0.25, 0.3) is 0 Å². The third kappa shape index (κ3) is 4.85. The fraction of sp³-hybridized carbons (Fsp3) is 0.867. The van der Waals surface area contributed by atoms with E-state index in [9.17, 15) is 9.59 Å². The number of rotatable bonds is 4. The van der Waals surface area contributed by atoms with Gasteiger partial charge in [-0.3, -0.25) is 9.59 Å². The zero-order valence-corrected chi connectivity index (χ0v) is 13.5. The van der Waals surface area contributed by atoms with Gasteiger partial charge < -0.3 is 15.8 Å². The van der Waals surface area contributed by atoms with E-state index in [0.29, 0.717) is 6.61 Å². The number of carbonyl (C=O) groups excluding carboxylic acids is 2. The van der Waals surface area contributed by atoms with Crippen LogP contribution >= 0.6 is 12.4 Å². The van der Waals surface area contributed by atoms with E-state index in [4.69, 9.17) is 10.5 Å². The highest BCUT2D eigenvalue weighted by molar-refractivity contribution is 5.85. The number of hydrogen-bond acceptors (Lipinski definition) is 4. The molecule has 2 rings (SSSR count). The summed E-state index contributed by atoms with van der Waals surface area (Å²) in [5.41, 5.74) is 5.96. The third-order valence-corrected chi connectivity index (χ3v) is 4.60. The molecule has 0 aromatic heterocycles. The highest BCUT2D eigenvalue weighted by Crippen LogP contribution is 2.27. The molecule has 3 N–H and O–H groups in total. The molecule has 0 bridgehead atoms. The molecule has 0 saturated heterocycles. The lowest BCUT2D eigenvalue weighted by molar-refractivity contribution is -0.149. The Morgan fingerprint density at radius 1 is 1.14 bits per heavy atom. The molecule has 0 radical (unpaired) electrons. The molecule has 0 spiro atoms. The van der Waals surface area contributed by atoms with Crippen molar-refractivity contribution in [2.24, 2.45) is 17.6 Å². The predicted molar refractivity (Wildman–Crippen MR) is 83.1 cm³/mol. The number of ether oxygens (including phenoxy) is 1. The zero-order chi connectivity index (χ0) is 14.5. The average Bonchev–Trinajstić information content (AvgIpc) is 2.86. The summed E-state index contributed by atoms with van der Waals surface area (Å²) in [7, 11) is 0. The average molecular weight is 319 g/mol. The van der Waals surface area contributed by atoms with Gasteiger partial charge in [0.05, 0.1) is 18.4 Å². The van der Waals surface area contributed by atoms with Crippen LogP contribution in [0.1, 0.15) is 51.9 Å². The first-order chi connectivity index (χ1) is 9.61. The first kappa shape index (κ1) is 18.2. The summed E-state index contributed by atoms with van der Waals surface area (Å²) in [6.07, 6.45) is 6.24. The summed E-state index contributed by atoms with van der Waals surface area (Å²) < 4.78 is 5.05. The van der Waals surface area contributed by atoms with Crippen LogP contribution in [0, 0.1) is 11.8 Å². The van der Waals surface area contributed by atoms with Crippen LogP contribution in [0.25, 0.3) is 0 Å². The largest absolute Gasteiger partial charge is 0.466 e. The molecule has 2 saturated carbocycles. The number of hydrogen-bond donors (Lipinski definition) is 2. The zero-order valence-electron chi connectivity index (χ0n) is 12.7. The molecule has 1 amide bonds. The number of nitrogens with two attached hydrogens (primary N) is 1. The molecule has 5 nitrogen and oxygen atoms in total. The van der Waals surface area contributed by atoms with Crippen LogP contribution in [0.5, 0.6) is 0 Å². The summed E-state index contributed by atoms with van der Waals surface area (Å²) in [5, 5.41) is 3.11. The van der Waals surface area contributed by atoms with E-state index in [2.05, 4.69) is 5.32 Å². The van der Waals surface area contributed by atoms with E-state index in [1.807, 2.05) is 6.92 Å². The van der Waals surface area contributed by atoms with Crippen molar-refractivity contribution in [2.45, 2.75) is 64.0 Å². The first-order valence-corrected chi connectivity index (χ1v) is 7.84. The SMILES string of the molecule is CCOC(=O)C1CCC(NC(=O)C2CCCC2N)CC1.Cl. The molecular weight excluding hydrogens is 292 g/mol. The fourth-order valence-electron chi connectivity index (χ4n) is 3.36. The summed E-state index contributed by atoms with van der Waals surface area (Å²) in [6, 6.07) is 0.215. The van der Waals surface area contributed by atoms with Crippen molar-refractivity contribution in [1.82, 2.24) is 5.32 Å². The van der Waals surface area contributed by atoms with Gasteiger partial charge in [0.15, 0.2) is 0 Å². The van der Waals surface area contributed by atoms with E-state index in [-0.39, 0.29) is 48.2 Å². The third-order valence-electron chi connectivity index (χ3n) is 4.60. The van der Waals surface area contributed by atoms with Crippen molar-refractivity contribution < 1.29 is 14.3 Å². The van der Waals surface area contributed by atoms with Gasteiger partial charge >= 0.3 is 5.97 Å². The number of halogens is 1. The molecule has 2 aliphatic rings. The monoisotopic (exact) mass is 318 g/mol. The molecule has 2 aliphatic carbocycles. The Balaban J connectivity index is 0.00000220. The van der Waals surface area contributed by atoms with Gasteiger partial charge in [-0.25, -0.2) is 0 Å². The first-order valence-electron chi connectivity index (χ1n) is 7.84. The highest BCUT2D eigenvalue weighted by atomic mass is 35.5. The Bertz CT molecular complexity index is 357. The van der Waals surface area contributed by atoms with Gasteiger partial charge in [-0.2, -0.15) is 0 Å². The molecule has 21 heavy (non-hydrogen) atoms. The number of nitrogens with one attached hydrogen (secondary N) is 1. The molecule has 0 aromatic carbocycles. The van der Waals surface area contributed by atoms with Crippen molar-refractivity contribution >= 4 is 24.3 Å². The van der Waals surface area contributed by atoms with Gasteiger partial charge in [-0.1, -0.05) is 6.42 Å². The fourth-order valence-corrected chi connectivity index (χ4v) is 3.36. The summed E-state index contributed by atoms with van der Waals surface area (Å²) in [4.78, 5) is 23.8. The van der Waals surface area contributed by atoms with Crippen LogP contribution in [0.4, 0.5) is 0 Å². The standard InChI is InChI=1S/C15H26N2O3.ClH/c1-2-20-15(19)10-6-8-11(9-7-10)17-14(18)12-4-3-5-13(12)16;/h10-13H,2-9,16H2,1H3,(H,17,18);1H. The molecule has 0 aromatic rings. The quantitative estimate of drug-likeness (QED) is 0.774. The van der Waals surface area contributed by atoms with Crippen LogP contribution in [-0.4, -0.2) is 30.6 Å². The summed E-state index contributed by atoms with van der Waals surface area (Å²) in [5.74, 6) is 0.0132. The second kappa shape index (κ2) is 8.59. The van der Waals surface area contributed by atoms with Gasteiger partial charge in [0.1, 0.15) is 0 Å². The Kier molecular flexibility index (Phi) is 7.46. The number of carbonyl (C=O) groups is 2. The number of amides is 1. The van der Waals surface area contributed by atoms with Gasteiger partial charge in [0.2, 0.25) is 5.91 Å². The summed E-state index contributed by atoms with van der Waals surface area (Å²) in [6.45, 7) is 2.27. The Morgan fingerprint density at radius 3 is 2.33 bits per heavy atom.